The van der Waals surface area contributed by atoms with Gasteiger partial charge in [-0.3, -0.25) is 9.59 Å². The maximum atomic E-state index is 14.7. The van der Waals surface area contributed by atoms with Gasteiger partial charge >= 0.3 is 18.1 Å². The van der Waals surface area contributed by atoms with E-state index in [1.807, 2.05) is 5.32 Å². The average Bonchev–Trinajstić information content (AvgIpc) is 3.64. The van der Waals surface area contributed by atoms with Crippen LogP contribution in [-0.4, -0.2) is 66.3 Å². The van der Waals surface area contributed by atoms with Crippen LogP contribution in [0.1, 0.15) is 60.2 Å². The van der Waals surface area contributed by atoms with E-state index >= 15 is 0 Å². The largest absolute Gasteiger partial charge is 0.480 e. The highest BCUT2D eigenvalue weighted by molar-refractivity contribution is 5.97. The van der Waals surface area contributed by atoms with Crippen molar-refractivity contribution in [3.05, 3.63) is 129 Å². The Morgan fingerprint density at radius 3 is 1.92 bits per heavy atom. The van der Waals surface area contributed by atoms with Crippen LogP contribution in [0, 0.1) is 36.0 Å². The normalized spacial score (nSPS) is 12.3. The quantitative estimate of drug-likeness (QED) is 0.0803. The number of pyridine rings is 2. The van der Waals surface area contributed by atoms with Crippen LogP contribution < -0.4 is 21.5 Å². The zero-order valence-electron chi connectivity index (χ0n) is 32.7. The number of carboxylic acids is 2. The molecule has 0 radical (unpaired) electrons. The lowest BCUT2D eigenvalue weighted by atomic mass is 9.98. The van der Waals surface area contributed by atoms with Crippen LogP contribution in [0.15, 0.2) is 71.8 Å². The molecule has 0 aliphatic heterocycles. The number of aliphatic carboxylic acids is 1. The highest BCUT2D eigenvalue weighted by Gasteiger charge is 2.36. The summed E-state index contributed by atoms with van der Waals surface area (Å²) in [7, 11) is 1.59. The molecule has 3 aromatic heterocycles. The Hall–Kier alpha value is -6.99. The monoisotopic (exact) mass is 876 g/mol. The lowest BCUT2D eigenvalue weighted by molar-refractivity contribution is -0.139. The van der Waals surface area contributed by atoms with Crippen molar-refractivity contribution in [1.29, 1.82) is 0 Å². The van der Waals surface area contributed by atoms with Gasteiger partial charge in [0.2, 0.25) is 0 Å². The van der Waals surface area contributed by atoms with Gasteiger partial charge in [-0.15, -0.1) is 0 Å². The molecule has 0 unspecified atom stereocenters. The predicted molar refractivity (Wildman–Crippen MR) is 215 cm³/mol. The molecular formula is C42H40F8N6O6. The summed E-state index contributed by atoms with van der Waals surface area (Å²) in [6.45, 7) is 6.04. The number of nitrogens with one attached hydrogen (secondary N) is 3. The fourth-order valence-corrected chi connectivity index (χ4v) is 6.46. The van der Waals surface area contributed by atoms with Crippen molar-refractivity contribution >= 4 is 45.8 Å². The number of aryl methyl sites for hydroxylation is 2. The number of aromatic carboxylic acids is 1. The fourth-order valence-electron chi connectivity index (χ4n) is 6.46. The first-order valence-electron chi connectivity index (χ1n) is 18.1. The number of carbonyl (C=O) groups is 3. The molecule has 330 valence electrons. The predicted octanol–water partition coefficient (Wildman–Crippen LogP) is 8.49. The van der Waals surface area contributed by atoms with Crippen molar-refractivity contribution in [2.75, 3.05) is 10.6 Å². The molecule has 20 heteroatoms. The maximum Gasteiger partial charge on any atom is 0.408 e. The van der Waals surface area contributed by atoms with Crippen molar-refractivity contribution in [2.24, 2.45) is 7.05 Å². The molecule has 6 aromatic rings. The number of hydrogen-bond donors (Lipinski definition) is 5. The summed E-state index contributed by atoms with van der Waals surface area (Å²) in [5.41, 5.74) is -0.225. The van der Waals surface area contributed by atoms with Gasteiger partial charge in [0.25, 0.3) is 11.5 Å². The van der Waals surface area contributed by atoms with E-state index in [0.717, 1.165) is 19.1 Å². The molecule has 2 atom stereocenters. The Labute approximate surface area is 347 Å². The SMILES string of the molecule is C.C[C@@H](Nc1cc(F)c(C(=O)O)c(F)c1)C(F)(F)F.Cc1c(-c2ccc(C[C@H](NC(=O)c3c(F)cc(NC(C)C)cc3F)C(=O)O)n3ccnc23)c(=O)n(C)c2ccc(F)cc12. The number of alkyl halides is 3. The first-order valence-corrected chi connectivity index (χ1v) is 18.1. The van der Waals surface area contributed by atoms with Crippen molar-refractivity contribution in [3.63, 3.8) is 0 Å². The van der Waals surface area contributed by atoms with Gasteiger partial charge < -0.3 is 35.1 Å². The first-order chi connectivity index (χ1) is 28.5. The number of amides is 1. The second-order valence-corrected chi connectivity index (χ2v) is 14.1. The van der Waals surface area contributed by atoms with Crippen LogP contribution >= 0.6 is 0 Å². The van der Waals surface area contributed by atoms with Gasteiger partial charge in [-0.1, -0.05) is 7.43 Å². The molecule has 5 N–H and O–H groups in total. The smallest absolute Gasteiger partial charge is 0.408 e. The topological polar surface area (TPSA) is 167 Å². The number of nitrogens with zero attached hydrogens (tertiary/aromatic N) is 3. The molecule has 0 saturated heterocycles. The fraction of sp³-hybridized carbons (Fsp3) is 0.262. The minimum absolute atomic E-state index is 0. The molecule has 0 aliphatic carbocycles. The summed E-state index contributed by atoms with van der Waals surface area (Å²) in [6, 6.07) is 6.58. The van der Waals surface area contributed by atoms with Crippen molar-refractivity contribution < 1.29 is 59.7 Å². The Kier molecular flexibility index (Phi) is 14.4. The minimum Gasteiger partial charge on any atom is -0.480 e. The summed E-state index contributed by atoms with van der Waals surface area (Å²) < 4.78 is 109. The molecule has 3 heterocycles. The third-order valence-electron chi connectivity index (χ3n) is 9.39. The second-order valence-electron chi connectivity index (χ2n) is 14.1. The van der Waals surface area contributed by atoms with E-state index < -0.39 is 82.0 Å². The van der Waals surface area contributed by atoms with E-state index in [4.69, 9.17) is 5.11 Å². The molecule has 0 aliphatic rings. The lowest BCUT2D eigenvalue weighted by Gasteiger charge is -2.18. The number of halogens is 8. The lowest BCUT2D eigenvalue weighted by Crippen LogP contribution is -2.43. The number of imidazole rings is 1. The van der Waals surface area contributed by atoms with Crippen LogP contribution in [0.3, 0.4) is 0 Å². The number of carbonyl (C=O) groups excluding carboxylic acids is 1. The summed E-state index contributed by atoms with van der Waals surface area (Å²) in [5, 5.41) is 25.8. The Morgan fingerprint density at radius 1 is 0.823 bits per heavy atom. The van der Waals surface area contributed by atoms with Gasteiger partial charge in [0, 0.05) is 59.9 Å². The van der Waals surface area contributed by atoms with E-state index in [2.05, 4.69) is 15.6 Å². The molecule has 3 aromatic carbocycles. The number of fused-ring (bicyclic) bond motifs is 2. The van der Waals surface area contributed by atoms with Crippen LogP contribution in [0.5, 0.6) is 0 Å². The van der Waals surface area contributed by atoms with Crippen LogP contribution in [-0.2, 0) is 18.3 Å². The molecule has 12 nitrogen and oxygen atoms in total. The maximum absolute atomic E-state index is 14.7. The zero-order chi connectivity index (χ0) is 45.2. The van der Waals surface area contributed by atoms with Gasteiger partial charge in [-0.2, -0.15) is 13.2 Å². The summed E-state index contributed by atoms with van der Waals surface area (Å²) >= 11 is 0. The molecule has 62 heavy (non-hydrogen) atoms. The number of benzene rings is 3. The number of hydrogen-bond acceptors (Lipinski definition) is 7. The van der Waals surface area contributed by atoms with Crippen molar-refractivity contribution in [2.45, 2.75) is 65.8 Å². The van der Waals surface area contributed by atoms with Crippen LogP contribution in [0.4, 0.5) is 46.5 Å². The standard InChI is InChI=1S/C31H28F3N5O4.C10H8F5NO2.CH4/c1-15(2)36-18-12-22(33)27(23(34)13-18)29(40)37-24(31(42)43)14-19-6-7-20(28-35-9-10-39(19)28)26-16(3)21-11-17(32)5-8-25(21)38(4)30(26)41;1-4(10(13,14)15)16-5-2-6(11)8(9(17)18)7(12)3-5;/h5-13,15,24,36H,14H2,1-4H3,(H,37,40)(H,42,43);2-4,16H,1H3,(H,17,18);1H4/t24-;4-;/m01./s1. The summed E-state index contributed by atoms with van der Waals surface area (Å²) in [4.78, 5) is 53.3. The molecule has 0 fully saturated rings. The van der Waals surface area contributed by atoms with E-state index in [0.29, 0.717) is 51.1 Å². The van der Waals surface area contributed by atoms with Gasteiger partial charge in [0.1, 0.15) is 57.9 Å². The van der Waals surface area contributed by atoms with Gasteiger partial charge in [-0.05, 0) is 87.9 Å². The molecule has 0 saturated carbocycles. The number of anilines is 2. The summed E-state index contributed by atoms with van der Waals surface area (Å²) in [5.74, 6) is -10.1. The van der Waals surface area contributed by atoms with E-state index in [-0.39, 0.29) is 31.1 Å². The Bertz CT molecular complexity index is 2710. The van der Waals surface area contributed by atoms with Crippen molar-refractivity contribution in [1.82, 2.24) is 19.3 Å². The van der Waals surface area contributed by atoms with Crippen LogP contribution in [0.2, 0.25) is 0 Å². The zero-order valence-corrected chi connectivity index (χ0v) is 32.7. The second kappa shape index (κ2) is 18.7. The molecule has 6 rings (SSSR count). The Balaban J connectivity index is 0.000000375. The minimum atomic E-state index is -4.58. The molecule has 1 amide bonds. The number of rotatable bonds is 11. The van der Waals surface area contributed by atoms with Gasteiger partial charge in [0.05, 0.1) is 11.1 Å². The first kappa shape index (κ1) is 47.7. The van der Waals surface area contributed by atoms with Crippen LogP contribution in [0.25, 0.3) is 27.7 Å². The van der Waals surface area contributed by atoms with Gasteiger partial charge in [0.15, 0.2) is 0 Å². The van der Waals surface area contributed by atoms with Crippen molar-refractivity contribution in [3.8, 4) is 11.1 Å². The van der Waals surface area contributed by atoms with E-state index in [9.17, 15) is 59.4 Å². The highest BCUT2D eigenvalue weighted by atomic mass is 19.4. The molecule has 0 bridgehead atoms. The third-order valence-corrected chi connectivity index (χ3v) is 9.39. The number of aromatic nitrogens is 3. The van der Waals surface area contributed by atoms with E-state index in [1.165, 1.54) is 29.0 Å². The highest BCUT2D eigenvalue weighted by Crippen LogP contribution is 2.31. The summed E-state index contributed by atoms with van der Waals surface area (Å²) in [6.07, 6.45) is -1.83. The molecular weight excluding hydrogens is 836 g/mol. The average molecular weight is 877 g/mol. The Morgan fingerprint density at radius 2 is 1.39 bits per heavy atom. The van der Waals surface area contributed by atoms with Gasteiger partial charge in [-0.25, -0.2) is 36.5 Å². The van der Waals surface area contributed by atoms with E-state index in [1.54, 1.807) is 50.5 Å². The number of carboxylic acid groups (broad SMARTS) is 2. The third kappa shape index (κ3) is 10.1. The molecule has 0 spiro atoms.